The highest BCUT2D eigenvalue weighted by Crippen LogP contribution is 2.40. The molecule has 2 saturated carbocycles. The lowest BCUT2D eigenvalue weighted by molar-refractivity contribution is -0.119. The van der Waals surface area contributed by atoms with Gasteiger partial charge >= 0.3 is 0 Å². The highest BCUT2D eigenvalue weighted by atomic mass is 16.1. The molecule has 18 heavy (non-hydrogen) atoms. The Morgan fingerprint density at radius 2 is 1.72 bits per heavy atom. The second kappa shape index (κ2) is 5.09. The predicted octanol–water partition coefficient (Wildman–Crippen LogP) is 4.24. The minimum Gasteiger partial charge on any atom is -0.294 e. The van der Waals surface area contributed by atoms with E-state index < -0.39 is 0 Å². The lowest BCUT2D eigenvalue weighted by Crippen LogP contribution is -2.16. The van der Waals surface area contributed by atoms with Gasteiger partial charge in [0.1, 0.15) is 0 Å². The van der Waals surface area contributed by atoms with Gasteiger partial charge in [0.05, 0.1) is 0 Å². The first-order valence-corrected chi connectivity index (χ1v) is 7.14. The fraction of sp³-hybridized carbons (Fsp3) is 0.471. The van der Waals surface area contributed by atoms with Crippen molar-refractivity contribution in [2.75, 3.05) is 0 Å². The fourth-order valence-electron chi connectivity index (χ4n) is 3.51. The molecule has 3 rings (SSSR count). The van der Waals surface area contributed by atoms with Gasteiger partial charge in [0.25, 0.3) is 0 Å². The quantitative estimate of drug-likeness (QED) is 0.707. The van der Waals surface area contributed by atoms with Crippen LogP contribution in [0.25, 0.3) is 6.08 Å². The van der Waals surface area contributed by atoms with Gasteiger partial charge in [-0.15, -0.1) is 0 Å². The van der Waals surface area contributed by atoms with Crippen molar-refractivity contribution in [3.8, 4) is 0 Å². The normalized spacial score (nSPS) is 27.2. The number of benzene rings is 1. The summed E-state index contributed by atoms with van der Waals surface area (Å²) in [6.45, 7) is 0. The molecule has 1 heteroatoms. The molecule has 1 aromatic rings. The van der Waals surface area contributed by atoms with Crippen LogP contribution in [0.5, 0.6) is 0 Å². The summed E-state index contributed by atoms with van der Waals surface area (Å²) in [5, 5.41) is 0. The number of hydrogen-bond donors (Lipinski definition) is 0. The van der Waals surface area contributed by atoms with E-state index in [1.54, 1.807) is 0 Å². The highest BCUT2D eigenvalue weighted by molar-refractivity contribution is 6.03. The fourth-order valence-corrected chi connectivity index (χ4v) is 3.51. The summed E-state index contributed by atoms with van der Waals surface area (Å²) in [5.74, 6) is 1.45. The van der Waals surface area contributed by atoms with Crippen LogP contribution in [0.3, 0.4) is 0 Å². The van der Waals surface area contributed by atoms with E-state index in [-0.39, 0.29) is 0 Å². The van der Waals surface area contributed by atoms with Crippen LogP contribution in [-0.4, -0.2) is 5.78 Å². The van der Waals surface area contributed by atoms with Gasteiger partial charge in [-0.3, -0.25) is 4.79 Å². The molecule has 2 fully saturated rings. The van der Waals surface area contributed by atoms with Crippen molar-refractivity contribution in [2.24, 2.45) is 11.8 Å². The summed E-state index contributed by atoms with van der Waals surface area (Å²) in [4.78, 5) is 12.4. The average Bonchev–Trinajstić information content (AvgIpc) is 3.02. The van der Waals surface area contributed by atoms with Crippen LogP contribution in [0.2, 0.25) is 0 Å². The molecule has 0 spiro atoms. The second-order valence-electron chi connectivity index (χ2n) is 5.63. The maximum Gasteiger partial charge on any atom is 0.162 e. The molecule has 0 bridgehead atoms. The van der Waals surface area contributed by atoms with Crippen molar-refractivity contribution in [1.82, 2.24) is 0 Å². The van der Waals surface area contributed by atoms with Crippen molar-refractivity contribution in [3.63, 3.8) is 0 Å². The zero-order chi connectivity index (χ0) is 12.4. The molecule has 0 amide bonds. The number of ketones is 1. The number of carbonyl (C=O) groups is 1. The smallest absolute Gasteiger partial charge is 0.162 e. The summed E-state index contributed by atoms with van der Waals surface area (Å²) in [6.07, 6.45) is 9.36. The Balaban J connectivity index is 1.76. The van der Waals surface area contributed by atoms with Gasteiger partial charge in [-0.05, 0) is 48.8 Å². The van der Waals surface area contributed by atoms with E-state index in [1.165, 1.54) is 25.7 Å². The molecule has 0 aromatic heterocycles. The third kappa shape index (κ3) is 2.27. The van der Waals surface area contributed by atoms with E-state index in [2.05, 4.69) is 18.2 Å². The molecule has 1 nitrogen and oxygen atoms in total. The predicted molar refractivity (Wildman–Crippen MR) is 74.1 cm³/mol. The van der Waals surface area contributed by atoms with E-state index in [4.69, 9.17) is 0 Å². The largest absolute Gasteiger partial charge is 0.294 e. The van der Waals surface area contributed by atoms with Gasteiger partial charge in [0, 0.05) is 5.92 Å². The summed E-state index contributed by atoms with van der Waals surface area (Å²) in [6, 6.07) is 10.2. The minimum absolute atomic E-state index is 0.336. The Morgan fingerprint density at radius 1 is 1.00 bits per heavy atom. The number of allylic oxidation sites excluding steroid dienone is 1. The first-order chi connectivity index (χ1) is 8.84. The number of Topliss-reactive ketones (excluding diaryl/α,β-unsaturated/α-hetero) is 1. The molecular weight excluding hydrogens is 220 g/mol. The van der Waals surface area contributed by atoms with E-state index in [1.807, 2.05) is 18.2 Å². The van der Waals surface area contributed by atoms with Gasteiger partial charge < -0.3 is 0 Å². The number of rotatable bonds is 2. The number of carbonyl (C=O) groups excluding carboxylic acids is 1. The van der Waals surface area contributed by atoms with Crippen LogP contribution in [0, 0.1) is 11.8 Å². The molecule has 2 aliphatic rings. The van der Waals surface area contributed by atoms with Crippen LogP contribution in [0.1, 0.15) is 44.1 Å². The number of hydrogen-bond acceptors (Lipinski definition) is 1. The van der Waals surface area contributed by atoms with Gasteiger partial charge in [-0.25, -0.2) is 0 Å². The lowest BCUT2D eigenvalue weighted by atomic mass is 9.88. The van der Waals surface area contributed by atoms with Crippen molar-refractivity contribution < 1.29 is 4.79 Å². The zero-order valence-electron chi connectivity index (χ0n) is 10.8. The molecule has 0 aliphatic heterocycles. The van der Waals surface area contributed by atoms with E-state index in [9.17, 15) is 4.79 Å². The zero-order valence-corrected chi connectivity index (χ0v) is 10.8. The third-order valence-corrected chi connectivity index (χ3v) is 4.49. The Morgan fingerprint density at radius 3 is 2.44 bits per heavy atom. The van der Waals surface area contributed by atoms with Crippen LogP contribution >= 0.6 is 0 Å². The van der Waals surface area contributed by atoms with Gasteiger partial charge in [-0.2, -0.15) is 0 Å². The highest BCUT2D eigenvalue weighted by Gasteiger charge is 2.36. The van der Waals surface area contributed by atoms with Crippen LogP contribution in [-0.2, 0) is 4.79 Å². The van der Waals surface area contributed by atoms with Crippen LogP contribution in [0.15, 0.2) is 35.9 Å². The molecule has 1 aromatic carbocycles. The first kappa shape index (κ1) is 11.7. The lowest BCUT2D eigenvalue weighted by Gasteiger charge is -2.15. The molecule has 0 heterocycles. The van der Waals surface area contributed by atoms with Gasteiger partial charge in [0.15, 0.2) is 5.78 Å². The van der Waals surface area contributed by atoms with E-state index in [0.717, 1.165) is 24.0 Å². The SMILES string of the molecule is O=C1/C(=C/c2ccccc2)CC[C@H]1C1CCCC1. The van der Waals surface area contributed by atoms with Crippen molar-refractivity contribution in [1.29, 1.82) is 0 Å². The van der Waals surface area contributed by atoms with Crippen molar-refractivity contribution >= 4 is 11.9 Å². The van der Waals surface area contributed by atoms with Gasteiger partial charge in [0.2, 0.25) is 0 Å². The summed E-state index contributed by atoms with van der Waals surface area (Å²) >= 11 is 0. The minimum atomic E-state index is 0.336. The topological polar surface area (TPSA) is 17.1 Å². The summed E-state index contributed by atoms with van der Waals surface area (Å²) < 4.78 is 0. The summed E-state index contributed by atoms with van der Waals surface area (Å²) in [5.41, 5.74) is 2.21. The maximum absolute atomic E-state index is 12.4. The first-order valence-electron chi connectivity index (χ1n) is 7.14. The third-order valence-electron chi connectivity index (χ3n) is 4.49. The molecule has 0 radical (unpaired) electrons. The summed E-state index contributed by atoms with van der Waals surface area (Å²) in [7, 11) is 0. The van der Waals surface area contributed by atoms with Gasteiger partial charge in [-0.1, -0.05) is 43.2 Å². The molecule has 1 atom stereocenters. The Hall–Kier alpha value is -1.37. The molecule has 94 valence electrons. The molecule has 0 unspecified atom stereocenters. The monoisotopic (exact) mass is 240 g/mol. The van der Waals surface area contributed by atoms with Crippen molar-refractivity contribution in [3.05, 3.63) is 41.5 Å². The average molecular weight is 240 g/mol. The Kier molecular flexibility index (Phi) is 3.31. The van der Waals surface area contributed by atoms with Crippen LogP contribution in [0.4, 0.5) is 0 Å². The Bertz CT molecular complexity index is 452. The van der Waals surface area contributed by atoms with E-state index >= 15 is 0 Å². The maximum atomic E-state index is 12.4. The van der Waals surface area contributed by atoms with Crippen molar-refractivity contribution in [2.45, 2.75) is 38.5 Å². The molecule has 2 aliphatic carbocycles. The second-order valence-corrected chi connectivity index (χ2v) is 5.63. The standard InChI is InChI=1S/C17H20O/c18-17-15(12-13-6-2-1-3-7-13)10-11-16(17)14-8-4-5-9-14/h1-3,6-7,12,14,16H,4-5,8-11H2/b15-12+/t16-/m0/s1. The van der Waals surface area contributed by atoms with Crippen LogP contribution < -0.4 is 0 Å². The molecule has 0 saturated heterocycles. The van der Waals surface area contributed by atoms with E-state index in [0.29, 0.717) is 17.6 Å². The molecule has 0 N–H and O–H groups in total. The Labute approximate surface area is 109 Å². The molecular formula is C17H20O.